The Morgan fingerprint density at radius 3 is 3.09 bits per heavy atom. The SMILES string of the molecule is COc1ccc2c(c1)C[C@@H](NCCn1cc([N+](=O)[O-])cn1)CC2. The van der Waals surface area contributed by atoms with Gasteiger partial charge in [-0.2, -0.15) is 5.10 Å². The third kappa shape index (κ3) is 3.68. The summed E-state index contributed by atoms with van der Waals surface area (Å²) < 4.78 is 6.89. The first-order valence-electron chi connectivity index (χ1n) is 7.71. The van der Waals surface area contributed by atoms with Crippen LogP contribution >= 0.6 is 0 Å². The molecule has 1 aliphatic carbocycles. The minimum absolute atomic E-state index is 0.0312. The Hall–Kier alpha value is -2.41. The Labute approximate surface area is 134 Å². The summed E-state index contributed by atoms with van der Waals surface area (Å²) in [5, 5.41) is 18.1. The van der Waals surface area contributed by atoms with Crippen molar-refractivity contribution in [3.8, 4) is 5.75 Å². The fourth-order valence-corrected chi connectivity index (χ4v) is 2.99. The molecule has 0 amide bonds. The van der Waals surface area contributed by atoms with Crippen LogP contribution in [0.4, 0.5) is 5.69 Å². The van der Waals surface area contributed by atoms with Gasteiger partial charge in [-0.25, -0.2) is 0 Å². The van der Waals surface area contributed by atoms with Crippen LogP contribution in [-0.2, 0) is 19.4 Å². The van der Waals surface area contributed by atoms with Gasteiger partial charge in [0, 0.05) is 12.6 Å². The summed E-state index contributed by atoms with van der Waals surface area (Å²) in [5.41, 5.74) is 2.76. The average Bonchev–Trinajstić information content (AvgIpc) is 3.03. The van der Waals surface area contributed by atoms with Crippen molar-refractivity contribution in [2.75, 3.05) is 13.7 Å². The van der Waals surface area contributed by atoms with Gasteiger partial charge in [-0.15, -0.1) is 0 Å². The number of nitrogens with zero attached hydrogens (tertiary/aromatic N) is 3. The summed E-state index contributed by atoms with van der Waals surface area (Å²) in [6.45, 7) is 1.36. The number of ether oxygens (including phenoxy) is 1. The van der Waals surface area contributed by atoms with E-state index in [4.69, 9.17) is 4.74 Å². The topological polar surface area (TPSA) is 82.2 Å². The van der Waals surface area contributed by atoms with Crippen LogP contribution in [0.5, 0.6) is 5.75 Å². The Bertz CT molecular complexity index is 698. The molecule has 23 heavy (non-hydrogen) atoms. The standard InChI is InChI=1S/C16H20N4O3/c1-23-16-5-3-12-2-4-14(8-13(12)9-16)17-6-7-19-11-15(10-18-19)20(21)22/h3,5,9-11,14,17H,2,4,6-8H2,1H3/t14-/m0/s1. The monoisotopic (exact) mass is 316 g/mol. The molecule has 1 aliphatic rings. The Morgan fingerprint density at radius 2 is 2.35 bits per heavy atom. The molecule has 0 saturated heterocycles. The summed E-state index contributed by atoms with van der Waals surface area (Å²) in [7, 11) is 1.68. The second-order valence-electron chi connectivity index (χ2n) is 5.75. The lowest BCUT2D eigenvalue weighted by molar-refractivity contribution is -0.385. The zero-order valence-corrected chi connectivity index (χ0v) is 13.1. The Kier molecular flexibility index (Phi) is 4.57. The van der Waals surface area contributed by atoms with Crippen molar-refractivity contribution in [1.82, 2.24) is 15.1 Å². The zero-order chi connectivity index (χ0) is 16.2. The summed E-state index contributed by atoms with van der Waals surface area (Å²) in [5.74, 6) is 0.897. The van der Waals surface area contributed by atoms with Crippen molar-refractivity contribution >= 4 is 5.69 Å². The van der Waals surface area contributed by atoms with E-state index in [-0.39, 0.29) is 5.69 Å². The van der Waals surface area contributed by atoms with Crippen molar-refractivity contribution in [1.29, 1.82) is 0 Å². The fraction of sp³-hybridized carbons (Fsp3) is 0.438. The normalized spacial score (nSPS) is 16.8. The molecule has 1 heterocycles. The molecule has 1 atom stereocenters. The maximum Gasteiger partial charge on any atom is 0.306 e. The van der Waals surface area contributed by atoms with Gasteiger partial charge in [0.1, 0.15) is 18.1 Å². The lowest BCUT2D eigenvalue weighted by atomic mass is 9.88. The predicted octanol–water partition coefficient (Wildman–Crippen LogP) is 1.95. The average molecular weight is 316 g/mol. The molecule has 7 heteroatoms. The van der Waals surface area contributed by atoms with Crippen LogP contribution < -0.4 is 10.1 Å². The molecule has 0 saturated carbocycles. The predicted molar refractivity (Wildman–Crippen MR) is 85.7 cm³/mol. The third-order valence-corrected chi connectivity index (χ3v) is 4.25. The maximum atomic E-state index is 10.6. The molecule has 0 radical (unpaired) electrons. The summed E-state index contributed by atoms with van der Waals surface area (Å²) in [6.07, 6.45) is 5.88. The molecular formula is C16H20N4O3. The Morgan fingerprint density at radius 1 is 1.48 bits per heavy atom. The molecule has 3 rings (SSSR count). The van der Waals surface area contributed by atoms with Crippen LogP contribution in [0.1, 0.15) is 17.5 Å². The zero-order valence-electron chi connectivity index (χ0n) is 13.1. The number of benzene rings is 1. The van der Waals surface area contributed by atoms with Gasteiger partial charge in [-0.3, -0.25) is 14.8 Å². The number of hydrogen-bond donors (Lipinski definition) is 1. The molecule has 0 spiro atoms. The lowest BCUT2D eigenvalue weighted by Gasteiger charge is -2.26. The van der Waals surface area contributed by atoms with E-state index in [1.807, 2.05) is 6.07 Å². The van der Waals surface area contributed by atoms with Crippen molar-refractivity contribution in [2.24, 2.45) is 0 Å². The highest BCUT2D eigenvalue weighted by Gasteiger charge is 2.18. The van der Waals surface area contributed by atoms with E-state index in [1.54, 1.807) is 11.8 Å². The van der Waals surface area contributed by atoms with Gasteiger partial charge in [0.25, 0.3) is 0 Å². The smallest absolute Gasteiger partial charge is 0.306 e. The van der Waals surface area contributed by atoms with Gasteiger partial charge < -0.3 is 10.1 Å². The van der Waals surface area contributed by atoms with Gasteiger partial charge >= 0.3 is 5.69 Å². The maximum absolute atomic E-state index is 10.6. The first-order chi connectivity index (χ1) is 11.2. The molecule has 1 N–H and O–H groups in total. The van der Waals surface area contributed by atoms with Gasteiger partial charge in [-0.1, -0.05) is 6.07 Å². The third-order valence-electron chi connectivity index (χ3n) is 4.25. The Balaban J connectivity index is 1.52. The van der Waals surface area contributed by atoms with Crippen molar-refractivity contribution in [2.45, 2.75) is 31.8 Å². The fourth-order valence-electron chi connectivity index (χ4n) is 2.99. The molecule has 7 nitrogen and oxygen atoms in total. The van der Waals surface area contributed by atoms with Gasteiger partial charge in [0.15, 0.2) is 0 Å². The number of aromatic nitrogens is 2. The second-order valence-corrected chi connectivity index (χ2v) is 5.75. The molecule has 0 aliphatic heterocycles. The summed E-state index contributed by atoms with van der Waals surface area (Å²) in [4.78, 5) is 10.2. The van der Waals surface area contributed by atoms with Crippen LogP contribution in [0.25, 0.3) is 0 Å². The minimum atomic E-state index is -0.428. The van der Waals surface area contributed by atoms with Gasteiger partial charge in [0.05, 0.1) is 18.6 Å². The van der Waals surface area contributed by atoms with E-state index in [2.05, 4.69) is 22.5 Å². The molecule has 1 aromatic heterocycles. The number of rotatable bonds is 6. The molecular weight excluding hydrogens is 296 g/mol. The van der Waals surface area contributed by atoms with Crippen LogP contribution in [0.15, 0.2) is 30.6 Å². The van der Waals surface area contributed by atoms with Gasteiger partial charge in [-0.05, 0) is 42.5 Å². The number of fused-ring (bicyclic) bond motifs is 1. The first-order valence-corrected chi connectivity index (χ1v) is 7.71. The number of hydrogen-bond acceptors (Lipinski definition) is 5. The first kappa shape index (κ1) is 15.5. The largest absolute Gasteiger partial charge is 0.497 e. The molecule has 122 valence electrons. The molecule has 0 unspecified atom stereocenters. The van der Waals surface area contributed by atoms with Crippen LogP contribution in [0.3, 0.4) is 0 Å². The quantitative estimate of drug-likeness (QED) is 0.650. The van der Waals surface area contributed by atoms with E-state index < -0.39 is 4.92 Å². The minimum Gasteiger partial charge on any atom is -0.497 e. The number of methoxy groups -OCH3 is 1. The molecule has 1 aromatic carbocycles. The van der Waals surface area contributed by atoms with Crippen LogP contribution in [-0.4, -0.2) is 34.4 Å². The van der Waals surface area contributed by atoms with Crippen LogP contribution in [0.2, 0.25) is 0 Å². The second kappa shape index (κ2) is 6.78. The summed E-state index contributed by atoms with van der Waals surface area (Å²) in [6, 6.07) is 6.69. The van der Waals surface area contributed by atoms with Crippen molar-refractivity contribution in [3.63, 3.8) is 0 Å². The highest BCUT2D eigenvalue weighted by Crippen LogP contribution is 2.25. The van der Waals surface area contributed by atoms with E-state index in [9.17, 15) is 10.1 Å². The van der Waals surface area contributed by atoms with Gasteiger partial charge in [0.2, 0.25) is 0 Å². The summed E-state index contributed by atoms with van der Waals surface area (Å²) >= 11 is 0. The lowest BCUT2D eigenvalue weighted by Crippen LogP contribution is -2.36. The molecule has 0 fully saturated rings. The van der Waals surface area contributed by atoms with E-state index in [0.29, 0.717) is 12.6 Å². The molecule has 0 bridgehead atoms. The van der Waals surface area contributed by atoms with Crippen molar-refractivity contribution < 1.29 is 9.66 Å². The van der Waals surface area contributed by atoms with Crippen LogP contribution in [0, 0.1) is 10.1 Å². The van der Waals surface area contributed by atoms with E-state index in [1.165, 1.54) is 23.5 Å². The highest BCUT2D eigenvalue weighted by atomic mass is 16.6. The highest BCUT2D eigenvalue weighted by molar-refractivity contribution is 5.37. The molecule has 2 aromatic rings. The van der Waals surface area contributed by atoms with Crippen molar-refractivity contribution in [3.05, 3.63) is 51.8 Å². The number of nitrogens with one attached hydrogen (secondary N) is 1. The van der Waals surface area contributed by atoms with E-state index >= 15 is 0 Å². The number of nitro groups is 1. The van der Waals surface area contributed by atoms with E-state index in [0.717, 1.165) is 31.6 Å². The number of aryl methyl sites for hydroxylation is 1.